The predicted octanol–water partition coefficient (Wildman–Crippen LogP) is 29.0. The molecule has 0 saturated heterocycles. The Hall–Kier alpha value is -11.3. The van der Waals surface area contributed by atoms with Crippen molar-refractivity contribution in [2.24, 2.45) is 0 Å². The highest BCUT2D eigenvalue weighted by Gasteiger charge is 2.09. The summed E-state index contributed by atoms with van der Waals surface area (Å²) in [6, 6.07) is 77.3. The molecule has 0 aliphatic carbocycles. The normalized spacial score (nSPS) is 10.3. The van der Waals surface area contributed by atoms with Crippen molar-refractivity contribution < 1.29 is 65.9 Å². The van der Waals surface area contributed by atoms with Crippen LogP contribution in [0.2, 0.25) is 0 Å². The monoisotopic (exact) mass is 1730 g/mol. The fraction of sp³-hybridized carbons (Fsp3) is 0.0870. The Kier molecular flexibility index (Phi) is 32.1. The number of hydrogen-bond donors (Lipinski definition) is 0. The minimum Gasteiger partial charge on any atom is -0.497 e. The number of esters is 4. The molecule has 24 heteroatoms. The topological polar surface area (TPSA) is 142 Å². The molecular formula is C92H74F2O12S10. The Bertz CT molecular complexity index is 6220. The molecule has 0 aliphatic heterocycles. The smallest absolute Gasteiger partial charge is 0.308 e. The quantitative estimate of drug-likeness (QED) is 0.106. The molecule has 0 radical (unpaired) electrons. The molecule has 0 saturated carbocycles. The van der Waals surface area contributed by atoms with Gasteiger partial charge in [-0.05, 0) is 285 Å². The number of carbonyl (C=O) groups excluding carboxylic acids is 4. The average molecular weight is 1730 g/mol. The number of halogens is 2. The van der Waals surface area contributed by atoms with Gasteiger partial charge in [-0.2, -0.15) is 0 Å². The van der Waals surface area contributed by atoms with Crippen molar-refractivity contribution in [1.82, 2.24) is 0 Å². The summed E-state index contributed by atoms with van der Waals surface area (Å²) >= 11 is 16.5. The second-order valence-corrected chi connectivity index (χ2v) is 33.6. The van der Waals surface area contributed by atoms with Crippen molar-refractivity contribution in [1.29, 1.82) is 0 Å². The van der Waals surface area contributed by atoms with E-state index in [0.29, 0.717) is 23.0 Å². The molecule has 0 atom stereocenters. The Labute approximate surface area is 707 Å². The summed E-state index contributed by atoms with van der Waals surface area (Å²) < 4.78 is 77.3. The van der Waals surface area contributed by atoms with E-state index in [0.717, 1.165) is 73.4 Å². The molecule has 20 aromatic rings. The molecule has 0 N–H and O–H groups in total. The molecule has 0 spiro atoms. The van der Waals surface area contributed by atoms with E-state index in [9.17, 15) is 28.0 Å². The van der Waals surface area contributed by atoms with Gasteiger partial charge in [-0.3, -0.25) is 19.2 Å². The first-order chi connectivity index (χ1) is 56.4. The van der Waals surface area contributed by atoms with Gasteiger partial charge in [0.25, 0.3) is 0 Å². The molecule has 20 rings (SSSR count). The molecule has 0 fully saturated rings. The minimum atomic E-state index is -0.283. The number of methoxy groups -OCH3 is 4. The molecule has 10 aromatic carbocycles. The molecule has 0 aliphatic rings. The highest BCUT2D eigenvalue weighted by molar-refractivity contribution is 7.20. The first kappa shape index (κ1) is 85.6. The highest BCUT2D eigenvalue weighted by Crippen LogP contribution is 2.35. The maximum Gasteiger partial charge on any atom is 0.308 e. The van der Waals surface area contributed by atoms with Gasteiger partial charge in [0, 0.05) is 71.4 Å². The summed E-state index contributed by atoms with van der Waals surface area (Å²) in [5, 5.41) is 31.7. The van der Waals surface area contributed by atoms with Crippen molar-refractivity contribution >= 4 is 238 Å². The zero-order valence-corrected chi connectivity index (χ0v) is 71.8. The van der Waals surface area contributed by atoms with E-state index < -0.39 is 0 Å². The summed E-state index contributed by atoms with van der Waals surface area (Å²) in [6.07, 6.45) is 0. The molecule has 116 heavy (non-hydrogen) atoms. The summed E-state index contributed by atoms with van der Waals surface area (Å²) in [5.74, 6) is 4.91. The second kappa shape index (κ2) is 43.5. The van der Waals surface area contributed by atoms with Crippen LogP contribution in [0.5, 0.6) is 46.0 Å². The molecule has 12 nitrogen and oxygen atoms in total. The average Bonchev–Trinajstić information content (AvgIpc) is 1.66. The van der Waals surface area contributed by atoms with Gasteiger partial charge < -0.3 is 37.9 Å². The van der Waals surface area contributed by atoms with Crippen molar-refractivity contribution in [3.63, 3.8) is 0 Å². The van der Waals surface area contributed by atoms with Crippen LogP contribution in [0.25, 0.3) is 101 Å². The van der Waals surface area contributed by atoms with Crippen molar-refractivity contribution in [3.05, 3.63) is 308 Å². The summed E-state index contributed by atoms with van der Waals surface area (Å²) in [5.41, 5.74) is 0. The zero-order valence-electron chi connectivity index (χ0n) is 63.6. The standard InChI is InChI=1S/4C10H8O2S.4C9H8OS.2C8H5FS/c1-7(11)12-9-2-3-10-8(6-9)4-5-13-10;1-7(11)12-9-3-2-8-4-5-13-10(8)6-9;1-7(11)12-9-3-2-4-10-8(9)5-6-13-10;1-7(11)12-9-4-2-3-8-5-6-13-10(8)9;1-10-8-2-3-9-7(6-8)4-5-11-9;1-10-8-3-2-7-4-5-11-9(7)6-8;1-10-8-3-2-4-9-7(8)5-6-11-9;1-10-8-4-2-3-7-5-6-11-9(7)8;9-7-2-1-6-3-4-10-8(6)5-7;9-7-3-1-2-6-4-5-10-8(6)7/h4*2-6H,1H3;4*2-6H,1H3;2*1-5H. The second-order valence-electron chi connectivity index (χ2n) is 24.2. The third-order valence-corrected chi connectivity index (χ3v) is 25.3. The van der Waals surface area contributed by atoms with Crippen LogP contribution in [0, 0.1) is 11.6 Å². The molecular weight excluding hydrogens is 1660 g/mol. The van der Waals surface area contributed by atoms with Gasteiger partial charge in [0.15, 0.2) is 0 Å². The number of ether oxygens (including phenoxy) is 8. The fourth-order valence-electron chi connectivity index (χ4n) is 11.0. The summed E-state index contributed by atoms with van der Waals surface area (Å²) in [4.78, 5) is 42.9. The number of hydrogen-bond acceptors (Lipinski definition) is 22. The summed E-state index contributed by atoms with van der Waals surface area (Å²) in [7, 11) is 6.78. The largest absolute Gasteiger partial charge is 0.497 e. The zero-order chi connectivity index (χ0) is 81.7. The number of benzene rings is 10. The van der Waals surface area contributed by atoms with Crippen LogP contribution in [0.15, 0.2) is 296 Å². The van der Waals surface area contributed by atoms with Crippen molar-refractivity contribution in [3.8, 4) is 46.0 Å². The van der Waals surface area contributed by atoms with E-state index in [2.05, 4.69) is 76.1 Å². The maximum absolute atomic E-state index is 12.8. The van der Waals surface area contributed by atoms with Gasteiger partial charge in [-0.25, -0.2) is 8.78 Å². The van der Waals surface area contributed by atoms with E-state index in [1.165, 1.54) is 102 Å². The van der Waals surface area contributed by atoms with Gasteiger partial charge in [0.2, 0.25) is 0 Å². The molecule has 10 aromatic heterocycles. The van der Waals surface area contributed by atoms with Crippen molar-refractivity contribution in [2.75, 3.05) is 28.4 Å². The van der Waals surface area contributed by atoms with Gasteiger partial charge >= 0.3 is 23.9 Å². The fourth-order valence-corrected chi connectivity index (χ4v) is 19.2. The summed E-state index contributed by atoms with van der Waals surface area (Å²) in [6.45, 7) is 5.62. The highest BCUT2D eigenvalue weighted by atomic mass is 32.1. The van der Waals surface area contributed by atoms with Gasteiger partial charge in [-0.1, -0.05) is 54.6 Å². The van der Waals surface area contributed by atoms with Gasteiger partial charge in [-0.15, -0.1) is 113 Å². The van der Waals surface area contributed by atoms with Gasteiger partial charge in [0.05, 0.1) is 42.5 Å². The van der Waals surface area contributed by atoms with Crippen LogP contribution in [0.1, 0.15) is 27.7 Å². The van der Waals surface area contributed by atoms with Crippen LogP contribution in [0.4, 0.5) is 8.78 Å². The lowest BCUT2D eigenvalue weighted by Crippen LogP contribution is -2.01. The Morgan fingerprint density at radius 3 is 1.09 bits per heavy atom. The number of fused-ring (bicyclic) bond motifs is 10. The van der Waals surface area contributed by atoms with Crippen LogP contribution < -0.4 is 37.9 Å². The first-order valence-electron chi connectivity index (χ1n) is 35.3. The minimum absolute atomic E-state index is 0.118. The molecule has 0 bridgehead atoms. The van der Waals surface area contributed by atoms with E-state index in [1.54, 1.807) is 173 Å². The third-order valence-electron chi connectivity index (χ3n) is 16.3. The van der Waals surface area contributed by atoms with Crippen LogP contribution in [-0.2, 0) is 19.2 Å². The van der Waals surface area contributed by atoms with Crippen molar-refractivity contribution in [2.45, 2.75) is 27.7 Å². The lowest BCUT2D eigenvalue weighted by molar-refractivity contribution is -0.132. The van der Waals surface area contributed by atoms with Crippen LogP contribution in [0.3, 0.4) is 0 Å². The molecule has 0 unspecified atom stereocenters. The van der Waals surface area contributed by atoms with Gasteiger partial charge in [0.1, 0.15) is 57.6 Å². The first-order valence-corrected chi connectivity index (χ1v) is 44.1. The molecule has 588 valence electrons. The Morgan fingerprint density at radius 1 is 0.241 bits per heavy atom. The van der Waals surface area contributed by atoms with E-state index in [-0.39, 0.29) is 35.5 Å². The third kappa shape index (κ3) is 24.6. The van der Waals surface area contributed by atoms with Crippen LogP contribution >= 0.6 is 113 Å². The lowest BCUT2D eigenvalue weighted by Gasteiger charge is -2.01. The lowest BCUT2D eigenvalue weighted by atomic mass is 10.2. The Balaban J connectivity index is 0.000000127. The predicted molar refractivity (Wildman–Crippen MR) is 490 cm³/mol. The van der Waals surface area contributed by atoms with E-state index in [1.807, 2.05) is 166 Å². The number of rotatable bonds is 8. The Morgan fingerprint density at radius 2 is 0.578 bits per heavy atom. The molecule has 0 amide bonds. The van der Waals surface area contributed by atoms with Crippen LogP contribution in [-0.4, -0.2) is 52.3 Å². The maximum atomic E-state index is 12.8. The molecule has 10 heterocycles. The number of thiophene rings is 10. The number of carbonyl (C=O) groups is 4. The van der Waals surface area contributed by atoms with E-state index >= 15 is 0 Å². The SMILES string of the molecule is CC(=O)Oc1ccc2ccsc2c1.CC(=O)Oc1ccc2sccc2c1.CC(=O)Oc1cccc2ccsc12.CC(=O)Oc1cccc2sccc12.COc1ccc2ccsc2c1.COc1ccc2sccc2c1.COc1cccc2ccsc12.COc1cccc2sccc12.Fc1ccc2ccsc2c1.Fc1cccc2ccsc12. The van der Waals surface area contributed by atoms with E-state index in [4.69, 9.17) is 37.9 Å².